The van der Waals surface area contributed by atoms with Gasteiger partial charge in [-0.25, -0.2) is 8.37 Å². The van der Waals surface area contributed by atoms with Crippen molar-refractivity contribution in [2.45, 2.75) is 139 Å². The molecule has 20 heteroatoms. The number of unbranched alkanes of at least 4 members (excludes halogenated alkanes) is 6. The Hall–Kier alpha value is -3.05. The van der Waals surface area contributed by atoms with Crippen LogP contribution < -0.4 is 4.18 Å². The van der Waals surface area contributed by atoms with Crippen LogP contribution in [0.5, 0.6) is 23.0 Å². The van der Waals surface area contributed by atoms with Crippen LogP contribution in [0.15, 0.2) is 85.0 Å². The van der Waals surface area contributed by atoms with Crippen LogP contribution in [0.2, 0.25) is 0 Å². The van der Waals surface area contributed by atoms with Crippen LogP contribution >= 0.6 is 21.6 Å². The fourth-order valence-corrected chi connectivity index (χ4v) is 11.3. The first-order valence-corrected chi connectivity index (χ1v) is 26.8. The minimum Gasteiger partial charge on any atom is -0.508 e. The van der Waals surface area contributed by atoms with Crippen molar-refractivity contribution in [3.8, 4) is 23.0 Å². The van der Waals surface area contributed by atoms with Crippen molar-refractivity contribution >= 4 is 52.8 Å². The smallest absolute Gasteiger partial charge is 0.446 e. The molecule has 2 rings (SSSR count). The molecule has 0 spiro atoms. The molecule has 0 heterocycles. The predicted octanol–water partition coefficient (Wildman–Crippen LogP) is 9.99. The Balaban J connectivity index is 2.22. The number of aromatic hydroxyl groups is 3. The zero-order chi connectivity index (χ0) is 46.0. The third kappa shape index (κ3) is 28.6. The number of hydrogen-bond acceptors (Lipinski definition) is 14. The first-order chi connectivity index (χ1) is 29.2. The highest BCUT2D eigenvalue weighted by Gasteiger charge is 2.26. The van der Waals surface area contributed by atoms with Crippen molar-refractivity contribution in [2.24, 2.45) is 0 Å². The Morgan fingerprint density at radius 2 is 0.935 bits per heavy atom. The minimum absolute atomic E-state index is 0.00341. The number of hydrogen-bond donors (Lipinski definition) is 6. The van der Waals surface area contributed by atoms with Gasteiger partial charge in [-0.3, -0.25) is 13.7 Å². The molecule has 15 nitrogen and oxygen atoms in total. The molecule has 6 N–H and O–H groups in total. The van der Waals surface area contributed by atoms with Crippen molar-refractivity contribution in [1.82, 2.24) is 0 Å². The number of phenols is 3. The van der Waals surface area contributed by atoms with Gasteiger partial charge >= 0.3 is 31.2 Å². The lowest BCUT2D eigenvalue weighted by Gasteiger charge is -2.25. The highest BCUT2D eigenvalue weighted by atomic mass is 33.1. The quantitative estimate of drug-likeness (QED) is 0.0168. The van der Waals surface area contributed by atoms with E-state index in [-0.39, 0.29) is 59.2 Å². The first-order valence-electron chi connectivity index (χ1n) is 20.4. The molecule has 4 atom stereocenters. The Labute approximate surface area is 376 Å². The Kier molecular flexibility index (Phi) is 26.1. The van der Waals surface area contributed by atoms with Crippen LogP contribution in [-0.2, 0) is 52.4 Å². The molecule has 0 radical (unpaired) electrons. The van der Waals surface area contributed by atoms with Gasteiger partial charge in [0.05, 0.1) is 12.2 Å². The molecule has 0 aliphatic carbocycles. The third-order valence-corrected chi connectivity index (χ3v) is 14.1. The molecule has 2 aromatic carbocycles. The van der Waals surface area contributed by atoms with E-state index in [1.54, 1.807) is 48.6 Å². The van der Waals surface area contributed by atoms with Gasteiger partial charge in [-0.1, -0.05) is 109 Å². The van der Waals surface area contributed by atoms with E-state index >= 15 is 0 Å². The van der Waals surface area contributed by atoms with E-state index in [9.17, 15) is 49.7 Å². The van der Waals surface area contributed by atoms with Gasteiger partial charge in [0.2, 0.25) is 0 Å². The van der Waals surface area contributed by atoms with E-state index in [1.165, 1.54) is 39.8 Å². The fraction of sp³-hybridized carbons (Fsp3) is 0.524. The lowest BCUT2D eigenvalue weighted by atomic mass is 10.0. The van der Waals surface area contributed by atoms with Gasteiger partial charge in [0.25, 0.3) is 0 Å². The second-order valence-electron chi connectivity index (χ2n) is 14.7. The summed E-state index contributed by atoms with van der Waals surface area (Å²) >= 11 is 0. The number of benzene rings is 2. The van der Waals surface area contributed by atoms with Gasteiger partial charge in [0, 0.05) is 22.6 Å². The van der Waals surface area contributed by atoms with Gasteiger partial charge in [0.15, 0.2) is 0 Å². The lowest BCUT2D eigenvalue weighted by Crippen LogP contribution is -2.23. The maximum absolute atomic E-state index is 11.9. The van der Waals surface area contributed by atoms with E-state index in [4.69, 9.17) is 12.9 Å². The molecule has 350 valence electrons. The molecule has 2 aromatic rings. The van der Waals surface area contributed by atoms with Crippen LogP contribution in [0.3, 0.4) is 0 Å². The molecule has 0 saturated carbocycles. The summed E-state index contributed by atoms with van der Waals surface area (Å²) in [6.45, 7) is 3.68. The largest absolute Gasteiger partial charge is 0.508 e. The predicted molar refractivity (Wildman–Crippen MR) is 246 cm³/mol. The monoisotopic (exact) mass is 966 g/mol. The normalized spacial score (nSPS) is 14.9. The van der Waals surface area contributed by atoms with Crippen LogP contribution in [0.1, 0.15) is 115 Å². The van der Waals surface area contributed by atoms with E-state index in [0.717, 1.165) is 56.6 Å². The van der Waals surface area contributed by atoms with Crippen molar-refractivity contribution in [2.75, 3.05) is 0 Å². The summed E-state index contributed by atoms with van der Waals surface area (Å²) in [6.07, 6.45) is 22.2. The fourth-order valence-electron chi connectivity index (χ4n) is 6.56. The molecule has 0 unspecified atom stereocenters. The van der Waals surface area contributed by atoms with Crippen LogP contribution in [0.4, 0.5) is 0 Å². The molecule has 0 fully saturated rings. The molecule has 0 bridgehead atoms. The van der Waals surface area contributed by atoms with Crippen LogP contribution in [0.25, 0.3) is 0 Å². The average Bonchev–Trinajstić information content (AvgIpc) is 3.13. The summed E-state index contributed by atoms with van der Waals surface area (Å²) in [4.78, 5) is 0. The van der Waals surface area contributed by atoms with Gasteiger partial charge in [-0.05, 0) is 113 Å². The number of phenolic OH excluding ortho intramolecular Hbond substituents is 3. The molecular formula is C42H62O15S5. The summed E-state index contributed by atoms with van der Waals surface area (Å²) in [5.41, 5.74) is 1.43. The van der Waals surface area contributed by atoms with Gasteiger partial charge in [0.1, 0.15) is 23.0 Å². The summed E-state index contributed by atoms with van der Waals surface area (Å²) < 4.78 is 113. The minimum atomic E-state index is -4.78. The SMILES string of the molecule is C/C=C/C=C/C[C@H](C[C@@H](CCCCCCc1cc(O)cc(O)c1)SS[C@H](CCCCCCc1cc(O)cc(OS(=O)(=O)O)c1)C[C@H](C/C=C/C=C/C)OS(=O)(=O)O)OS(=O)(=O)O. The molecule has 0 aliphatic rings. The van der Waals surface area contributed by atoms with E-state index < -0.39 is 43.4 Å². The zero-order valence-corrected chi connectivity index (χ0v) is 39.2. The molecule has 0 amide bonds. The third-order valence-electron chi connectivity index (χ3n) is 9.17. The highest BCUT2D eigenvalue weighted by Crippen LogP contribution is 2.41. The maximum Gasteiger partial charge on any atom is 0.446 e. The summed E-state index contributed by atoms with van der Waals surface area (Å²) in [7, 11) is -11.3. The lowest BCUT2D eigenvalue weighted by molar-refractivity contribution is 0.172. The number of aryl methyl sites for hydroxylation is 2. The molecule has 0 aromatic heterocycles. The summed E-state index contributed by atoms with van der Waals surface area (Å²) in [5.74, 6) is -0.437. The molecular weight excluding hydrogens is 905 g/mol. The van der Waals surface area contributed by atoms with E-state index in [0.29, 0.717) is 37.7 Å². The average molecular weight is 967 g/mol. The summed E-state index contributed by atoms with van der Waals surface area (Å²) in [5, 5.41) is 29.3. The van der Waals surface area contributed by atoms with E-state index in [2.05, 4.69) is 4.18 Å². The highest BCUT2D eigenvalue weighted by molar-refractivity contribution is 8.77. The second-order valence-corrected chi connectivity index (χ2v) is 20.7. The molecule has 0 saturated heterocycles. The van der Waals surface area contributed by atoms with Crippen LogP contribution in [-0.4, -0.2) is 76.9 Å². The standard InChI is InChI=1S/C42H62O15S5/c1-3-5-7-15-21-38(55-60(46,47)48)31-41(23-17-11-9-13-19-33-25-35(43)29-36(44)26-33)58-59-42(32-39(56-61(49,50)51)22-16-8-6-4-2)24-18-12-10-14-20-34-27-37(45)30-40(28-34)57-62(52,53)54/h3-8,15-16,25-30,38-39,41-45H,9-14,17-24,31-32H2,1-2H3,(H,46,47,48)(H,49,50,51)(H,52,53,54)/b5-3+,6-4+,15-7+,16-8+/t38-,39+,41-,42-/m1/s1. The van der Waals surface area contributed by atoms with Gasteiger partial charge in [-0.2, -0.15) is 25.3 Å². The van der Waals surface area contributed by atoms with Crippen molar-refractivity contribution < 1.29 is 66.8 Å². The first kappa shape index (κ1) is 55.1. The Bertz CT molecular complexity index is 2050. The number of rotatable bonds is 33. The topological polar surface area (TPSA) is 251 Å². The van der Waals surface area contributed by atoms with E-state index in [1.807, 2.05) is 26.0 Å². The van der Waals surface area contributed by atoms with Crippen molar-refractivity contribution in [3.05, 3.63) is 96.1 Å². The molecule has 0 aliphatic heterocycles. The van der Waals surface area contributed by atoms with Crippen molar-refractivity contribution in [3.63, 3.8) is 0 Å². The van der Waals surface area contributed by atoms with Gasteiger partial charge in [-0.15, -0.1) is 0 Å². The Morgan fingerprint density at radius 3 is 1.34 bits per heavy atom. The number of allylic oxidation sites excluding steroid dienone is 6. The molecule has 62 heavy (non-hydrogen) atoms. The summed E-state index contributed by atoms with van der Waals surface area (Å²) in [6, 6.07) is 8.48. The van der Waals surface area contributed by atoms with Crippen molar-refractivity contribution in [1.29, 1.82) is 0 Å². The maximum atomic E-state index is 11.9. The zero-order valence-electron chi connectivity index (χ0n) is 35.1. The van der Waals surface area contributed by atoms with Crippen LogP contribution in [0, 0.1) is 0 Å². The second kappa shape index (κ2) is 29.4. The van der Waals surface area contributed by atoms with Gasteiger partial charge < -0.3 is 19.5 Å². The Morgan fingerprint density at radius 1 is 0.532 bits per heavy atom.